The average molecular weight is 273 g/mol. The summed E-state index contributed by atoms with van der Waals surface area (Å²) in [4.78, 5) is 8.04. The van der Waals surface area contributed by atoms with Gasteiger partial charge in [-0.3, -0.25) is 4.98 Å². The number of aliphatic hydroxyl groups is 1. The summed E-state index contributed by atoms with van der Waals surface area (Å²) in [5.41, 5.74) is 0.831. The van der Waals surface area contributed by atoms with Gasteiger partial charge >= 0.3 is 0 Å². The molecule has 0 saturated heterocycles. The van der Waals surface area contributed by atoms with Crippen molar-refractivity contribution in [3.05, 3.63) is 48.4 Å². The van der Waals surface area contributed by atoms with E-state index >= 15 is 0 Å². The van der Waals surface area contributed by atoms with Crippen LogP contribution < -0.4 is 10.1 Å². The average Bonchev–Trinajstić information content (AvgIpc) is 2.46. The van der Waals surface area contributed by atoms with Crippen molar-refractivity contribution >= 4 is 5.82 Å². The molecule has 1 aromatic carbocycles. The van der Waals surface area contributed by atoms with Crippen molar-refractivity contribution in [3.8, 4) is 5.75 Å². The molecule has 2 N–H and O–H groups in total. The molecule has 0 aliphatic rings. The first-order valence-electron chi connectivity index (χ1n) is 6.59. The maximum Gasteiger partial charge on any atom is 0.144 e. The van der Waals surface area contributed by atoms with E-state index < -0.39 is 6.10 Å². The molecule has 106 valence electrons. The normalized spacial score (nSPS) is 12.2. The van der Waals surface area contributed by atoms with E-state index in [9.17, 15) is 5.11 Å². The van der Waals surface area contributed by atoms with Crippen LogP contribution in [0.5, 0.6) is 5.75 Å². The third kappa shape index (κ3) is 4.20. The summed E-state index contributed by atoms with van der Waals surface area (Å²) >= 11 is 0. The minimum absolute atomic E-state index is 0.143. The van der Waals surface area contributed by atoms with Crippen LogP contribution >= 0.6 is 0 Å². The summed E-state index contributed by atoms with van der Waals surface area (Å²) in [5, 5.41) is 13.1. The number of ether oxygens (including phenoxy) is 1. The summed E-state index contributed by atoms with van der Waals surface area (Å²) < 4.78 is 5.56. The van der Waals surface area contributed by atoms with Crippen molar-refractivity contribution in [1.29, 1.82) is 0 Å². The zero-order valence-corrected chi connectivity index (χ0v) is 11.7. The van der Waals surface area contributed by atoms with Crippen LogP contribution in [0.15, 0.2) is 42.9 Å². The van der Waals surface area contributed by atoms with Gasteiger partial charge in [-0.25, -0.2) is 4.98 Å². The Morgan fingerprint density at radius 2 is 1.95 bits per heavy atom. The Bertz CT molecular complexity index is 514. The molecule has 2 rings (SSSR count). The lowest BCUT2D eigenvalue weighted by atomic mass is 10.1. The fourth-order valence-electron chi connectivity index (χ4n) is 1.75. The van der Waals surface area contributed by atoms with Crippen LogP contribution in [-0.4, -0.2) is 27.7 Å². The topological polar surface area (TPSA) is 67.3 Å². The molecule has 1 aromatic heterocycles. The lowest BCUT2D eigenvalue weighted by Crippen LogP contribution is -2.13. The first-order valence-corrected chi connectivity index (χ1v) is 6.59. The van der Waals surface area contributed by atoms with E-state index in [1.165, 1.54) is 0 Å². The molecule has 0 saturated carbocycles. The van der Waals surface area contributed by atoms with Gasteiger partial charge in [0.05, 0.1) is 18.4 Å². The first kappa shape index (κ1) is 14.3. The molecular weight excluding hydrogens is 254 g/mol. The highest BCUT2D eigenvalue weighted by Gasteiger charge is 2.08. The molecule has 2 aromatic rings. The van der Waals surface area contributed by atoms with Gasteiger partial charge in [-0.2, -0.15) is 0 Å². The molecule has 0 bridgehead atoms. The van der Waals surface area contributed by atoms with E-state index in [2.05, 4.69) is 15.3 Å². The van der Waals surface area contributed by atoms with Crippen molar-refractivity contribution in [3.63, 3.8) is 0 Å². The largest absolute Gasteiger partial charge is 0.491 e. The third-order valence-electron chi connectivity index (χ3n) is 2.68. The van der Waals surface area contributed by atoms with Crippen LogP contribution in [0, 0.1) is 0 Å². The van der Waals surface area contributed by atoms with Gasteiger partial charge in [0.25, 0.3) is 0 Å². The predicted octanol–water partition coefficient (Wildman–Crippen LogP) is 2.41. The minimum Gasteiger partial charge on any atom is -0.491 e. The lowest BCUT2D eigenvalue weighted by Gasteiger charge is -2.14. The third-order valence-corrected chi connectivity index (χ3v) is 2.68. The highest BCUT2D eigenvalue weighted by atomic mass is 16.5. The van der Waals surface area contributed by atoms with E-state index in [4.69, 9.17) is 4.74 Å². The number of nitrogens with one attached hydrogen (secondary N) is 1. The van der Waals surface area contributed by atoms with Crippen molar-refractivity contribution in [2.24, 2.45) is 0 Å². The Balaban J connectivity index is 1.90. The number of benzene rings is 1. The molecule has 1 atom stereocenters. The van der Waals surface area contributed by atoms with E-state index in [1.807, 2.05) is 38.1 Å². The summed E-state index contributed by atoms with van der Waals surface area (Å²) in [6.07, 6.45) is 4.36. The van der Waals surface area contributed by atoms with Gasteiger partial charge in [0.1, 0.15) is 11.6 Å². The Kier molecular flexibility index (Phi) is 4.90. The molecule has 20 heavy (non-hydrogen) atoms. The van der Waals surface area contributed by atoms with Crippen LogP contribution in [0.2, 0.25) is 0 Å². The van der Waals surface area contributed by atoms with Crippen LogP contribution in [0.25, 0.3) is 0 Å². The fraction of sp³-hybridized carbons (Fsp3) is 0.333. The molecule has 1 unspecified atom stereocenters. The molecule has 0 fully saturated rings. The van der Waals surface area contributed by atoms with Crippen LogP contribution in [0.3, 0.4) is 0 Å². The Hall–Kier alpha value is -2.14. The first-order chi connectivity index (χ1) is 9.65. The summed E-state index contributed by atoms with van der Waals surface area (Å²) in [6, 6.07) is 7.45. The molecule has 5 heteroatoms. The van der Waals surface area contributed by atoms with E-state index in [0.717, 1.165) is 11.3 Å². The molecule has 5 nitrogen and oxygen atoms in total. The fourth-order valence-corrected chi connectivity index (χ4v) is 1.75. The van der Waals surface area contributed by atoms with E-state index in [-0.39, 0.29) is 6.10 Å². The summed E-state index contributed by atoms with van der Waals surface area (Å²) in [6.45, 7) is 4.34. The lowest BCUT2D eigenvalue weighted by molar-refractivity contribution is 0.191. The molecule has 1 heterocycles. The summed E-state index contributed by atoms with van der Waals surface area (Å²) in [7, 11) is 0. The van der Waals surface area contributed by atoms with Crippen molar-refractivity contribution < 1.29 is 9.84 Å². The molecule has 0 radical (unpaired) electrons. The van der Waals surface area contributed by atoms with Crippen LogP contribution in [0.1, 0.15) is 25.5 Å². The van der Waals surface area contributed by atoms with Gasteiger partial charge in [-0.15, -0.1) is 0 Å². The van der Waals surface area contributed by atoms with Gasteiger partial charge in [-0.1, -0.05) is 12.1 Å². The molecule has 0 aliphatic carbocycles. The van der Waals surface area contributed by atoms with Crippen molar-refractivity contribution in [1.82, 2.24) is 9.97 Å². The highest BCUT2D eigenvalue weighted by Crippen LogP contribution is 2.19. The Morgan fingerprint density at radius 3 is 2.55 bits per heavy atom. The minimum atomic E-state index is -0.606. The summed E-state index contributed by atoms with van der Waals surface area (Å²) in [5.74, 6) is 1.45. The molecular formula is C15H19N3O2. The predicted molar refractivity (Wildman–Crippen MR) is 77.7 cm³/mol. The Labute approximate surface area is 118 Å². The van der Waals surface area contributed by atoms with Gasteiger partial charge in [0.2, 0.25) is 0 Å². The second-order valence-corrected chi connectivity index (χ2v) is 4.72. The number of hydrogen-bond donors (Lipinski definition) is 2. The second-order valence-electron chi connectivity index (χ2n) is 4.72. The molecule has 0 aliphatic heterocycles. The van der Waals surface area contributed by atoms with Gasteiger partial charge in [0, 0.05) is 18.9 Å². The zero-order valence-electron chi connectivity index (χ0n) is 11.7. The number of nitrogens with zero attached hydrogens (tertiary/aromatic N) is 2. The quantitative estimate of drug-likeness (QED) is 0.846. The van der Waals surface area contributed by atoms with Gasteiger partial charge < -0.3 is 15.2 Å². The molecule has 0 spiro atoms. The van der Waals surface area contributed by atoms with Gasteiger partial charge in [-0.05, 0) is 31.5 Å². The standard InChI is InChI=1S/C15H19N3O2/c1-11(2)20-13-5-3-12(4-6-13)14(19)9-18-15-10-16-7-8-17-15/h3-8,10-11,14,19H,9H2,1-2H3,(H,17,18). The number of aromatic nitrogens is 2. The maximum atomic E-state index is 10.1. The van der Waals surface area contributed by atoms with E-state index in [1.54, 1.807) is 18.6 Å². The molecule has 0 amide bonds. The smallest absolute Gasteiger partial charge is 0.144 e. The van der Waals surface area contributed by atoms with E-state index in [0.29, 0.717) is 12.4 Å². The van der Waals surface area contributed by atoms with Crippen LogP contribution in [0.4, 0.5) is 5.82 Å². The number of rotatable bonds is 6. The maximum absolute atomic E-state index is 10.1. The van der Waals surface area contributed by atoms with Crippen LogP contribution in [-0.2, 0) is 0 Å². The SMILES string of the molecule is CC(C)Oc1ccc(C(O)CNc2cnccn2)cc1. The number of hydrogen-bond acceptors (Lipinski definition) is 5. The second kappa shape index (κ2) is 6.86. The van der Waals surface area contributed by atoms with Gasteiger partial charge in [0.15, 0.2) is 0 Å². The number of anilines is 1. The van der Waals surface area contributed by atoms with Crippen molar-refractivity contribution in [2.45, 2.75) is 26.1 Å². The Morgan fingerprint density at radius 1 is 1.20 bits per heavy atom. The van der Waals surface area contributed by atoms with Crippen molar-refractivity contribution in [2.75, 3.05) is 11.9 Å². The number of aliphatic hydroxyl groups excluding tert-OH is 1. The zero-order chi connectivity index (χ0) is 14.4. The monoisotopic (exact) mass is 273 g/mol. The highest BCUT2D eigenvalue weighted by molar-refractivity contribution is 5.33.